The Morgan fingerprint density at radius 1 is 1.43 bits per heavy atom. The van der Waals surface area contributed by atoms with Crippen molar-refractivity contribution in [1.29, 1.82) is 0 Å². The molecular formula is C16H21N3O2. The van der Waals surface area contributed by atoms with Gasteiger partial charge in [0.15, 0.2) is 0 Å². The van der Waals surface area contributed by atoms with Crippen LogP contribution in [0.25, 0.3) is 0 Å². The molecule has 0 radical (unpaired) electrons. The predicted molar refractivity (Wildman–Crippen MR) is 81.3 cm³/mol. The van der Waals surface area contributed by atoms with E-state index < -0.39 is 0 Å². The summed E-state index contributed by atoms with van der Waals surface area (Å²) >= 11 is 0. The minimum atomic E-state index is -0.0658. The quantitative estimate of drug-likeness (QED) is 0.785. The van der Waals surface area contributed by atoms with Crippen molar-refractivity contribution in [3.63, 3.8) is 0 Å². The Labute approximate surface area is 124 Å². The molecule has 2 heterocycles. The van der Waals surface area contributed by atoms with Gasteiger partial charge in [0.25, 0.3) is 5.91 Å². The van der Waals surface area contributed by atoms with E-state index in [2.05, 4.69) is 22.9 Å². The Morgan fingerprint density at radius 2 is 2.29 bits per heavy atom. The molecule has 2 aliphatic rings. The molecule has 1 unspecified atom stereocenters. The zero-order chi connectivity index (χ0) is 14.9. The molecular weight excluding hydrogens is 266 g/mol. The van der Waals surface area contributed by atoms with E-state index in [0.29, 0.717) is 18.5 Å². The van der Waals surface area contributed by atoms with Crippen molar-refractivity contribution in [1.82, 2.24) is 10.6 Å². The number of carbonyl (C=O) groups excluding carboxylic acids is 2. The van der Waals surface area contributed by atoms with Gasteiger partial charge in [-0.1, -0.05) is 6.92 Å². The lowest BCUT2D eigenvalue weighted by molar-refractivity contribution is -0.115. The fourth-order valence-electron chi connectivity index (χ4n) is 3.04. The number of amides is 2. The molecule has 5 heteroatoms. The highest BCUT2D eigenvalue weighted by Crippen LogP contribution is 2.25. The molecule has 5 nitrogen and oxygen atoms in total. The van der Waals surface area contributed by atoms with Crippen LogP contribution in [0.2, 0.25) is 0 Å². The number of carbonyl (C=O) groups is 2. The van der Waals surface area contributed by atoms with Gasteiger partial charge in [0.1, 0.15) is 0 Å². The summed E-state index contributed by atoms with van der Waals surface area (Å²) in [4.78, 5) is 23.6. The smallest absolute Gasteiger partial charge is 0.251 e. The van der Waals surface area contributed by atoms with E-state index in [9.17, 15) is 9.59 Å². The Balaban J connectivity index is 1.63. The van der Waals surface area contributed by atoms with Gasteiger partial charge in [-0.2, -0.15) is 0 Å². The molecule has 0 aliphatic carbocycles. The van der Waals surface area contributed by atoms with Gasteiger partial charge < -0.3 is 16.0 Å². The Morgan fingerprint density at radius 3 is 3.05 bits per heavy atom. The van der Waals surface area contributed by atoms with E-state index in [1.807, 2.05) is 6.07 Å². The summed E-state index contributed by atoms with van der Waals surface area (Å²) in [7, 11) is 0. The van der Waals surface area contributed by atoms with Crippen LogP contribution in [-0.4, -0.2) is 31.4 Å². The minimum Gasteiger partial charge on any atom is -0.351 e. The molecule has 2 amide bonds. The van der Waals surface area contributed by atoms with Gasteiger partial charge in [0.2, 0.25) is 5.91 Å². The second-order valence-electron chi connectivity index (χ2n) is 6.37. The third-order valence-corrected chi connectivity index (χ3v) is 4.35. The molecule has 1 aromatic carbocycles. The van der Waals surface area contributed by atoms with E-state index in [1.54, 1.807) is 12.1 Å². The van der Waals surface area contributed by atoms with Crippen molar-refractivity contribution >= 4 is 17.5 Å². The van der Waals surface area contributed by atoms with Crippen molar-refractivity contribution in [3.8, 4) is 0 Å². The number of hydrogen-bond acceptors (Lipinski definition) is 3. The van der Waals surface area contributed by atoms with Crippen LogP contribution in [0.1, 0.15) is 35.7 Å². The van der Waals surface area contributed by atoms with E-state index in [4.69, 9.17) is 0 Å². The highest BCUT2D eigenvalue weighted by molar-refractivity contribution is 6.01. The van der Waals surface area contributed by atoms with Gasteiger partial charge >= 0.3 is 0 Å². The second-order valence-corrected chi connectivity index (χ2v) is 6.37. The fraction of sp³-hybridized carbons (Fsp3) is 0.500. The monoisotopic (exact) mass is 287 g/mol. The van der Waals surface area contributed by atoms with E-state index in [-0.39, 0.29) is 17.2 Å². The molecule has 0 bridgehead atoms. The third kappa shape index (κ3) is 3.08. The lowest BCUT2D eigenvalue weighted by Gasteiger charge is -2.34. The van der Waals surface area contributed by atoms with E-state index in [0.717, 1.165) is 37.2 Å². The number of nitrogens with one attached hydrogen (secondary N) is 3. The zero-order valence-electron chi connectivity index (χ0n) is 12.3. The Kier molecular flexibility index (Phi) is 3.68. The lowest BCUT2D eigenvalue weighted by atomic mass is 9.83. The number of piperidine rings is 1. The maximum atomic E-state index is 12.3. The first kappa shape index (κ1) is 14.1. The minimum absolute atomic E-state index is 0.0108. The van der Waals surface area contributed by atoms with E-state index >= 15 is 0 Å². The zero-order valence-corrected chi connectivity index (χ0v) is 12.3. The number of benzene rings is 1. The van der Waals surface area contributed by atoms with Crippen LogP contribution in [-0.2, 0) is 11.2 Å². The molecule has 3 N–H and O–H groups in total. The molecule has 112 valence electrons. The van der Waals surface area contributed by atoms with Crippen LogP contribution in [0.5, 0.6) is 0 Å². The summed E-state index contributed by atoms with van der Waals surface area (Å²) in [5.41, 5.74) is 2.47. The standard InChI is InChI=1S/C16H21N3O2/c1-16(5-2-6-17-9-16)10-18-15(21)11-3-4-13-12(7-11)8-14(20)19-13/h3-4,7,17H,2,5-6,8-10H2,1H3,(H,18,21)(H,19,20). The summed E-state index contributed by atoms with van der Waals surface area (Å²) < 4.78 is 0. The van der Waals surface area contributed by atoms with Gasteiger partial charge in [-0.3, -0.25) is 9.59 Å². The van der Waals surface area contributed by atoms with Gasteiger partial charge in [0.05, 0.1) is 6.42 Å². The van der Waals surface area contributed by atoms with Crippen LogP contribution in [0.15, 0.2) is 18.2 Å². The maximum absolute atomic E-state index is 12.3. The third-order valence-electron chi connectivity index (χ3n) is 4.35. The van der Waals surface area contributed by atoms with Crippen LogP contribution in [0.3, 0.4) is 0 Å². The molecule has 2 aliphatic heterocycles. The van der Waals surface area contributed by atoms with Crippen LogP contribution < -0.4 is 16.0 Å². The van der Waals surface area contributed by atoms with Gasteiger partial charge in [-0.05, 0) is 48.6 Å². The van der Waals surface area contributed by atoms with Crippen LogP contribution in [0.4, 0.5) is 5.69 Å². The lowest BCUT2D eigenvalue weighted by Crippen LogP contribution is -2.45. The van der Waals surface area contributed by atoms with Crippen molar-refractivity contribution in [2.45, 2.75) is 26.2 Å². The van der Waals surface area contributed by atoms with Crippen molar-refractivity contribution in [2.24, 2.45) is 5.41 Å². The van der Waals surface area contributed by atoms with Gasteiger partial charge in [-0.15, -0.1) is 0 Å². The normalized spacial score (nSPS) is 24.3. The van der Waals surface area contributed by atoms with Crippen LogP contribution >= 0.6 is 0 Å². The number of anilines is 1. The first-order valence-electron chi connectivity index (χ1n) is 7.47. The molecule has 1 fully saturated rings. The number of hydrogen-bond donors (Lipinski definition) is 3. The van der Waals surface area contributed by atoms with Crippen molar-refractivity contribution < 1.29 is 9.59 Å². The second kappa shape index (κ2) is 5.48. The Bertz CT molecular complexity index is 577. The SMILES string of the molecule is CC1(CNC(=O)c2ccc3c(c2)CC(=O)N3)CCCNC1. The highest BCUT2D eigenvalue weighted by Gasteiger charge is 2.27. The fourth-order valence-corrected chi connectivity index (χ4v) is 3.04. The maximum Gasteiger partial charge on any atom is 0.251 e. The highest BCUT2D eigenvalue weighted by atomic mass is 16.2. The van der Waals surface area contributed by atoms with Gasteiger partial charge in [-0.25, -0.2) is 0 Å². The van der Waals surface area contributed by atoms with E-state index in [1.165, 1.54) is 0 Å². The molecule has 3 rings (SSSR count). The summed E-state index contributed by atoms with van der Waals surface area (Å²) in [5, 5.41) is 9.18. The van der Waals surface area contributed by atoms with Crippen molar-refractivity contribution in [2.75, 3.05) is 25.0 Å². The average Bonchev–Trinajstić information content (AvgIpc) is 2.84. The molecule has 0 saturated carbocycles. The van der Waals surface area contributed by atoms with Crippen LogP contribution in [0, 0.1) is 5.41 Å². The number of rotatable bonds is 3. The van der Waals surface area contributed by atoms with Crippen molar-refractivity contribution in [3.05, 3.63) is 29.3 Å². The predicted octanol–water partition coefficient (Wildman–Crippen LogP) is 1.30. The molecule has 0 aromatic heterocycles. The summed E-state index contributed by atoms with van der Waals surface area (Å²) in [6.45, 7) is 4.88. The molecule has 0 spiro atoms. The largest absolute Gasteiger partial charge is 0.351 e. The Hall–Kier alpha value is -1.88. The first-order chi connectivity index (χ1) is 10.1. The summed E-state index contributed by atoms with van der Waals surface area (Å²) in [5.74, 6) is -0.0766. The molecule has 1 atom stereocenters. The molecule has 21 heavy (non-hydrogen) atoms. The summed E-state index contributed by atoms with van der Waals surface area (Å²) in [6, 6.07) is 5.38. The van der Waals surface area contributed by atoms with Gasteiger partial charge in [0, 0.05) is 24.3 Å². The average molecular weight is 287 g/mol. The summed E-state index contributed by atoms with van der Waals surface area (Å²) in [6.07, 6.45) is 2.64. The molecule has 1 aromatic rings. The first-order valence-corrected chi connectivity index (χ1v) is 7.47. The number of fused-ring (bicyclic) bond motifs is 1. The topological polar surface area (TPSA) is 70.2 Å². The molecule has 1 saturated heterocycles.